The Morgan fingerprint density at radius 1 is 1.30 bits per heavy atom. The summed E-state index contributed by atoms with van der Waals surface area (Å²) in [5.74, 6) is -2.09. The van der Waals surface area contributed by atoms with E-state index >= 15 is 0 Å². The molecule has 1 aliphatic heterocycles. The first-order chi connectivity index (χ1) is 10.7. The second kappa shape index (κ2) is 6.57. The zero-order chi connectivity index (χ0) is 17.2. The van der Waals surface area contributed by atoms with Gasteiger partial charge < -0.3 is 15.3 Å². The third kappa shape index (κ3) is 4.01. The minimum absolute atomic E-state index is 0.00562. The fourth-order valence-electron chi connectivity index (χ4n) is 2.39. The van der Waals surface area contributed by atoms with E-state index < -0.39 is 35.3 Å². The molecule has 2 N–H and O–H groups in total. The van der Waals surface area contributed by atoms with E-state index in [4.69, 9.17) is 0 Å². The van der Waals surface area contributed by atoms with Gasteiger partial charge in [-0.25, -0.2) is 0 Å². The summed E-state index contributed by atoms with van der Waals surface area (Å²) < 4.78 is 38.6. The predicted octanol–water partition coefficient (Wildman–Crippen LogP) is 1.87. The number of aliphatic hydroxyl groups excluding tert-OH is 1. The van der Waals surface area contributed by atoms with Gasteiger partial charge in [0.25, 0.3) is 0 Å². The lowest BCUT2D eigenvalue weighted by atomic mass is 9.96. The van der Waals surface area contributed by atoms with Gasteiger partial charge in [-0.15, -0.1) is 0 Å². The number of carbonyl (C=O) groups is 2. The SMILES string of the molecule is CC1CCN(C(=O)C(=O)Nc2ccccc2C(F)(F)F)CC1O. The van der Waals surface area contributed by atoms with Gasteiger partial charge in [0.15, 0.2) is 0 Å². The van der Waals surface area contributed by atoms with Crippen LogP contribution in [0.25, 0.3) is 0 Å². The van der Waals surface area contributed by atoms with Crippen molar-refractivity contribution in [3.05, 3.63) is 29.8 Å². The Hall–Kier alpha value is -2.09. The van der Waals surface area contributed by atoms with Gasteiger partial charge in [0.2, 0.25) is 0 Å². The van der Waals surface area contributed by atoms with Crippen molar-refractivity contribution in [2.24, 2.45) is 5.92 Å². The molecule has 0 saturated carbocycles. The van der Waals surface area contributed by atoms with E-state index in [9.17, 15) is 27.9 Å². The summed E-state index contributed by atoms with van der Waals surface area (Å²) in [5.41, 5.74) is -1.49. The third-order valence-corrected chi connectivity index (χ3v) is 3.88. The second-order valence-corrected chi connectivity index (χ2v) is 5.58. The standard InChI is InChI=1S/C15H17F3N2O3/c1-9-6-7-20(8-12(9)21)14(23)13(22)19-11-5-3-2-4-10(11)15(16,17)18/h2-5,9,12,21H,6-8H2,1H3,(H,19,22). The number of halogens is 3. The van der Waals surface area contributed by atoms with Crippen LogP contribution in [0.5, 0.6) is 0 Å². The lowest BCUT2D eigenvalue weighted by Gasteiger charge is -2.33. The summed E-state index contributed by atoms with van der Waals surface area (Å²) in [6.45, 7) is 2.10. The zero-order valence-electron chi connectivity index (χ0n) is 12.4. The average molecular weight is 330 g/mol. The topological polar surface area (TPSA) is 69.6 Å². The summed E-state index contributed by atoms with van der Waals surface area (Å²) >= 11 is 0. The molecule has 2 rings (SSSR count). The second-order valence-electron chi connectivity index (χ2n) is 5.58. The minimum Gasteiger partial charge on any atom is -0.391 e. The molecule has 1 aromatic rings. The number of piperidine rings is 1. The number of amides is 2. The maximum Gasteiger partial charge on any atom is 0.418 e. The number of rotatable bonds is 1. The summed E-state index contributed by atoms with van der Waals surface area (Å²) in [6, 6.07) is 4.44. The Morgan fingerprint density at radius 3 is 2.57 bits per heavy atom. The molecule has 1 aromatic carbocycles. The highest BCUT2D eigenvalue weighted by molar-refractivity contribution is 6.39. The molecule has 1 aliphatic rings. The van der Waals surface area contributed by atoms with Crippen molar-refractivity contribution in [3.63, 3.8) is 0 Å². The molecule has 2 unspecified atom stereocenters. The Labute approximate surface area is 131 Å². The fraction of sp³-hybridized carbons (Fsp3) is 0.467. The van der Waals surface area contributed by atoms with Crippen LogP contribution < -0.4 is 5.32 Å². The number of anilines is 1. The average Bonchev–Trinajstić information content (AvgIpc) is 2.48. The Morgan fingerprint density at radius 2 is 1.96 bits per heavy atom. The number of carbonyl (C=O) groups excluding carboxylic acids is 2. The number of hydrogen-bond acceptors (Lipinski definition) is 3. The summed E-state index contributed by atoms with van der Waals surface area (Å²) in [7, 11) is 0. The highest BCUT2D eigenvalue weighted by Gasteiger charge is 2.35. The molecule has 1 saturated heterocycles. The number of hydrogen-bond donors (Lipinski definition) is 2. The maximum atomic E-state index is 12.9. The van der Waals surface area contributed by atoms with Crippen LogP contribution in [0, 0.1) is 5.92 Å². The first-order valence-corrected chi connectivity index (χ1v) is 7.14. The molecule has 126 valence electrons. The van der Waals surface area contributed by atoms with Gasteiger partial charge in [-0.1, -0.05) is 19.1 Å². The van der Waals surface area contributed by atoms with Gasteiger partial charge in [0, 0.05) is 13.1 Å². The maximum absolute atomic E-state index is 12.9. The van der Waals surface area contributed by atoms with Crippen molar-refractivity contribution in [2.45, 2.75) is 25.6 Å². The van der Waals surface area contributed by atoms with Crippen LogP contribution in [0.3, 0.4) is 0 Å². The molecule has 0 aliphatic carbocycles. The molecule has 23 heavy (non-hydrogen) atoms. The largest absolute Gasteiger partial charge is 0.418 e. The lowest BCUT2D eigenvalue weighted by Crippen LogP contribution is -2.49. The molecule has 0 aromatic heterocycles. The van der Waals surface area contributed by atoms with Crippen LogP contribution in [0.1, 0.15) is 18.9 Å². The summed E-state index contributed by atoms with van der Waals surface area (Å²) in [5, 5.41) is 11.8. The molecule has 0 spiro atoms. The first kappa shape index (κ1) is 17.3. The van der Waals surface area contributed by atoms with E-state index in [2.05, 4.69) is 0 Å². The van der Waals surface area contributed by atoms with E-state index in [1.54, 1.807) is 0 Å². The Bertz CT molecular complexity index is 604. The van der Waals surface area contributed by atoms with Crippen molar-refractivity contribution in [1.29, 1.82) is 0 Å². The fourth-order valence-corrected chi connectivity index (χ4v) is 2.39. The van der Waals surface area contributed by atoms with E-state index in [0.29, 0.717) is 6.42 Å². The molecular weight excluding hydrogens is 313 g/mol. The number of nitrogens with one attached hydrogen (secondary N) is 1. The van der Waals surface area contributed by atoms with Gasteiger partial charge in [-0.2, -0.15) is 13.2 Å². The number of alkyl halides is 3. The van der Waals surface area contributed by atoms with E-state index in [-0.39, 0.29) is 19.0 Å². The van der Waals surface area contributed by atoms with Crippen LogP contribution in [-0.4, -0.2) is 41.0 Å². The van der Waals surface area contributed by atoms with E-state index in [1.807, 2.05) is 12.2 Å². The molecule has 0 bridgehead atoms. The molecule has 2 amide bonds. The number of nitrogens with zero attached hydrogens (tertiary/aromatic N) is 1. The van der Waals surface area contributed by atoms with Crippen molar-refractivity contribution in [1.82, 2.24) is 4.90 Å². The quantitative estimate of drug-likeness (QED) is 0.773. The van der Waals surface area contributed by atoms with Crippen LogP contribution in [0.4, 0.5) is 18.9 Å². The minimum atomic E-state index is -4.64. The van der Waals surface area contributed by atoms with Crippen molar-refractivity contribution in [3.8, 4) is 0 Å². The smallest absolute Gasteiger partial charge is 0.391 e. The van der Waals surface area contributed by atoms with Crippen LogP contribution in [0.2, 0.25) is 0 Å². The number of β-amino-alcohol motifs (C(OH)–C–C–N with tert-alkyl or cyclic N) is 1. The monoisotopic (exact) mass is 330 g/mol. The van der Waals surface area contributed by atoms with Crippen molar-refractivity contribution < 1.29 is 27.9 Å². The number of aliphatic hydroxyl groups is 1. The Kier molecular flexibility index (Phi) is 4.93. The van der Waals surface area contributed by atoms with Crippen molar-refractivity contribution in [2.75, 3.05) is 18.4 Å². The van der Waals surface area contributed by atoms with E-state index in [1.165, 1.54) is 12.1 Å². The summed E-state index contributed by atoms with van der Waals surface area (Å²) in [6.07, 6.45) is -4.86. The van der Waals surface area contributed by atoms with Crippen molar-refractivity contribution >= 4 is 17.5 Å². The van der Waals surface area contributed by atoms with Gasteiger partial charge >= 0.3 is 18.0 Å². The molecule has 0 radical (unpaired) electrons. The highest BCUT2D eigenvalue weighted by Crippen LogP contribution is 2.34. The summed E-state index contributed by atoms with van der Waals surface area (Å²) in [4.78, 5) is 25.1. The molecule has 8 heteroatoms. The van der Waals surface area contributed by atoms with Gasteiger partial charge in [-0.05, 0) is 24.5 Å². The molecule has 1 fully saturated rings. The Balaban J connectivity index is 2.09. The number of benzene rings is 1. The molecular formula is C15H17F3N2O3. The molecule has 5 nitrogen and oxygen atoms in total. The van der Waals surface area contributed by atoms with E-state index in [0.717, 1.165) is 17.0 Å². The highest BCUT2D eigenvalue weighted by atomic mass is 19.4. The van der Waals surface area contributed by atoms with Crippen LogP contribution in [-0.2, 0) is 15.8 Å². The molecule has 1 heterocycles. The predicted molar refractivity (Wildman–Crippen MR) is 76.4 cm³/mol. The van der Waals surface area contributed by atoms with Gasteiger partial charge in [0.1, 0.15) is 0 Å². The third-order valence-electron chi connectivity index (χ3n) is 3.88. The number of para-hydroxylation sites is 1. The lowest BCUT2D eigenvalue weighted by molar-refractivity contribution is -0.146. The van der Waals surface area contributed by atoms with Gasteiger partial charge in [0.05, 0.1) is 17.4 Å². The zero-order valence-corrected chi connectivity index (χ0v) is 12.4. The van der Waals surface area contributed by atoms with Crippen LogP contribution >= 0.6 is 0 Å². The normalized spacial score (nSPS) is 21.9. The number of likely N-dealkylation sites (tertiary alicyclic amines) is 1. The first-order valence-electron chi connectivity index (χ1n) is 7.14. The van der Waals surface area contributed by atoms with Gasteiger partial charge in [-0.3, -0.25) is 9.59 Å². The molecule has 2 atom stereocenters. The van der Waals surface area contributed by atoms with Crippen LogP contribution in [0.15, 0.2) is 24.3 Å².